The summed E-state index contributed by atoms with van der Waals surface area (Å²) in [6.07, 6.45) is 8.96. The van der Waals surface area contributed by atoms with Gasteiger partial charge in [-0.2, -0.15) is 0 Å². The van der Waals surface area contributed by atoms with E-state index in [1.165, 1.54) is 17.5 Å². The fourth-order valence-electron chi connectivity index (χ4n) is 4.23. The lowest BCUT2D eigenvalue weighted by Gasteiger charge is -2.34. The van der Waals surface area contributed by atoms with Crippen molar-refractivity contribution in [3.8, 4) is 0 Å². The highest BCUT2D eigenvalue weighted by molar-refractivity contribution is 5.74. The zero-order valence-electron chi connectivity index (χ0n) is 15.4. The first-order valence-corrected chi connectivity index (χ1v) is 9.64. The van der Waals surface area contributed by atoms with Crippen molar-refractivity contribution < 1.29 is 4.79 Å². The Balaban J connectivity index is 1.68. The Morgan fingerprint density at radius 3 is 2.56 bits per heavy atom. The standard InChI is InChI=1S/C24H24N2O/c27-18-23(16-20-10-6-9-19-8-4-5-14-24(19)20)26(21-11-2-1-3-12-21)22-13-7-15-25-17-22/h1-5,7-8,11-15,17-18,20,23H,6,9-10,16H2. The molecule has 1 aliphatic rings. The van der Waals surface area contributed by atoms with Gasteiger partial charge < -0.3 is 9.69 Å². The van der Waals surface area contributed by atoms with E-state index < -0.39 is 0 Å². The van der Waals surface area contributed by atoms with Gasteiger partial charge in [-0.3, -0.25) is 4.98 Å². The Morgan fingerprint density at radius 2 is 1.78 bits per heavy atom. The summed E-state index contributed by atoms with van der Waals surface area (Å²) in [7, 11) is 0. The van der Waals surface area contributed by atoms with Crippen LogP contribution in [-0.4, -0.2) is 17.3 Å². The average molecular weight is 356 g/mol. The quantitative estimate of drug-likeness (QED) is 0.562. The summed E-state index contributed by atoms with van der Waals surface area (Å²) in [6, 6.07) is 22.5. The van der Waals surface area contributed by atoms with Crippen LogP contribution in [0, 0.1) is 0 Å². The summed E-state index contributed by atoms with van der Waals surface area (Å²) in [4.78, 5) is 18.6. The van der Waals surface area contributed by atoms with E-state index in [4.69, 9.17) is 0 Å². The highest BCUT2D eigenvalue weighted by Crippen LogP contribution is 2.37. The molecule has 0 saturated carbocycles. The number of pyridine rings is 1. The number of aromatic nitrogens is 1. The van der Waals surface area contributed by atoms with Gasteiger partial charge in [0.05, 0.1) is 17.9 Å². The summed E-state index contributed by atoms with van der Waals surface area (Å²) in [5.41, 5.74) is 4.82. The van der Waals surface area contributed by atoms with Gasteiger partial charge in [0.2, 0.25) is 0 Å². The number of aryl methyl sites for hydroxylation is 1. The molecule has 0 amide bonds. The van der Waals surface area contributed by atoms with Gasteiger partial charge in [0.25, 0.3) is 0 Å². The number of anilines is 2. The van der Waals surface area contributed by atoms with Crippen molar-refractivity contribution in [2.45, 2.75) is 37.6 Å². The molecule has 3 aromatic rings. The lowest BCUT2D eigenvalue weighted by atomic mass is 9.79. The lowest BCUT2D eigenvalue weighted by molar-refractivity contribution is -0.109. The van der Waals surface area contributed by atoms with Crippen LogP contribution in [-0.2, 0) is 11.2 Å². The molecule has 0 aliphatic heterocycles. The first-order valence-electron chi connectivity index (χ1n) is 9.64. The topological polar surface area (TPSA) is 33.2 Å². The highest BCUT2D eigenvalue weighted by atomic mass is 16.1. The number of fused-ring (bicyclic) bond motifs is 1. The van der Waals surface area contributed by atoms with Crippen LogP contribution in [0.15, 0.2) is 79.1 Å². The number of hydrogen-bond acceptors (Lipinski definition) is 3. The van der Waals surface area contributed by atoms with Crippen molar-refractivity contribution in [2.24, 2.45) is 0 Å². The van der Waals surface area contributed by atoms with Crippen molar-refractivity contribution in [2.75, 3.05) is 4.90 Å². The third-order valence-corrected chi connectivity index (χ3v) is 5.47. The van der Waals surface area contributed by atoms with Gasteiger partial charge in [-0.15, -0.1) is 0 Å². The van der Waals surface area contributed by atoms with E-state index in [0.29, 0.717) is 5.92 Å². The minimum absolute atomic E-state index is 0.229. The largest absolute Gasteiger partial charge is 0.330 e. The second-order valence-corrected chi connectivity index (χ2v) is 7.14. The zero-order chi connectivity index (χ0) is 18.5. The predicted octanol–water partition coefficient (Wildman–Crippen LogP) is 5.30. The van der Waals surface area contributed by atoms with Gasteiger partial charge in [-0.1, -0.05) is 42.5 Å². The normalized spacial score (nSPS) is 17.0. The van der Waals surface area contributed by atoms with Gasteiger partial charge in [0, 0.05) is 11.9 Å². The van der Waals surface area contributed by atoms with Gasteiger partial charge in [-0.25, -0.2) is 0 Å². The van der Waals surface area contributed by atoms with Gasteiger partial charge in [0.1, 0.15) is 6.29 Å². The van der Waals surface area contributed by atoms with Crippen LogP contribution < -0.4 is 4.90 Å². The maximum absolute atomic E-state index is 12.2. The minimum Gasteiger partial charge on any atom is -0.330 e. The second kappa shape index (κ2) is 8.17. The molecule has 3 heteroatoms. The van der Waals surface area contributed by atoms with Crippen LogP contribution in [0.2, 0.25) is 0 Å². The van der Waals surface area contributed by atoms with Crippen LogP contribution in [0.1, 0.15) is 36.3 Å². The van der Waals surface area contributed by atoms with E-state index in [9.17, 15) is 4.79 Å². The van der Waals surface area contributed by atoms with E-state index in [1.807, 2.05) is 36.5 Å². The monoisotopic (exact) mass is 356 g/mol. The molecule has 0 N–H and O–H groups in total. The molecular weight excluding hydrogens is 332 g/mol. The molecule has 0 radical (unpaired) electrons. The third kappa shape index (κ3) is 3.77. The fraction of sp³-hybridized carbons (Fsp3) is 0.250. The van der Waals surface area contributed by atoms with E-state index in [1.54, 1.807) is 6.20 Å². The van der Waals surface area contributed by atoms with E-state index >= 15 is 0 Å². The summed E-state index contributed by atoms with van der Waals surface area (Å²) < 4.78 is 0. The molecule has 1 heterocycles. The number of rotatable bonds is 6. The van der Waals surface area contributed by atoms with Crippen LogP contribution in [0.3, 0.4) is 0 Å². The summed E-state index contributed by atoms with van der Waals surface area (Å²) >= 11 is 0. The van der Waals surface area contributed by atoms with E-state index in [-0.39, 0.29) is 6.04 Å². The van der Waals surface area contributed by atoms with Gasteiger partial charge >= 0.3 is 0 Å². The maximum Gasteiger partial charge on any atom is 0.142 e. The third-order valence-electron chi connectivity index (χ3n) is 5.47. The van der Waals surface area contributed by atoms with Crippen molar-refractivity contribution >= 4 is 17.7 Å². The number of aldehydes is 1. The smallest absolute Gasteiger partial charge is 0.142 e. The molecule has 2 atom stereocenters. The predicted molar refractivity (Wildman–Crippen MR) is 109 cm³/mol. The van der Waals surface area contributed by atoms with Crippen LogP contribution in [0.5, 0.6) is 0 Å². The molecule has 4 rings (SSSR count). The van der Waals surface area contributed by atoms with Crippen molar-refractivity contribution in [1.82, 2.24) is 4.98 Å². The van der Waals surface area contributed by atoms with E-state index in [2.05, 4.69) is 46.3 Å². The first kappa shape index (κ1) is 17.5. The Labute approximate surface area is 160 Å². The molecule has 0 saturated heterocycles. The highest BCUT2D eigenvalue weighted by Gasteiger charge is 2.27. The molecule has 0 spiro atoms. The average Bonchev–Trinajstić information content (AvgIpc) is 2.75. The molecule has 1 aromatic heterocycles. The number of hydrogen-bond donors (Lipinski definition) is 0. The Morgan fingerprint density at radius 1 is 1.00 bits per heavy atom. The second-order valence-electron chi connectivity index (χ2n) is 7.14. The zero-order valence-corrected chi connectivity index (χ0v) is 15.4. The summed E-state index contributed by atoms with van der Waals surface area (Å²) in [5.74, 6) is 0.410. The van der Waals surface area contributed by atoms with Crippen molar-refractivity contribution in [1.29, 1.82) is 0 Å². The Kier molecular flexibility index (Phi) is 5.29. The molecule has 136 valence electrons. The van der Waals surface area contributed by atoms with E-state index in [0.717, 1.165) is 36.9 Å². The maximum atomic E-state index is 12.2. The summed E-state index contributed by atoms with van der Waals surface area (Å²) in [6.45, 7) is 0. The minimum atomic E-state index is -0.229. The van der Waals surface area contributed by atoms with Gasteiger partial charge in [0.15, 0.2) is 0 Å². The van der Waals surface area contributed by atoms with Crippen molar-refractivity contribution in [3.63, 3.8) is 0 Å². The molecule has 0 fully saturated rings. The van der Waals surface area contributed by atoms with Crippen molar-refractivity contribution in [3.05, 3.63) is 90.3 Å². The molecule has 2 aromatic carbocycles. The summed E-state index contributed by atoms with van der Waals surface area (Å²) in [5, 5.41) is 0. The Bertz CT molecular complexity index is 840. The molecule has 2 unspecified atom stereocenters. The number of benzene rings is 2. The SMILES string of the molecule is O=CC(CC1CCCc2ccccc21)N(c1ccccc1)c1cccnc1. The number of para-hydroxylation sites is 1. The molecule has 3 nitrogen and oxygen atoms in total. The number of nitrogens with zero attached hydrogens (tertiary/aromatic N) is 2. The number of carbonyl (C=O) groups is 1. The number of carbonyl (C=O) groups excluding carboxylic acids is 1. The molecule has 1 aliphatic carbocycles. The Hall–Kier alpha value is -2.94. The van der Waals surface area contributed by atoms with Crippen LogP contribution in [0.25, 0.3) is 0 Å². The molecule has 0 bridgehead atoms. The van der Waals surface area contributed by atoms with Crippen LogP contribution in [0.4, 0.5) is 11.4 Å². The fourth-order valence-corrected chi connectivity index (χ4v) is 4.23. The van der Waals surface area contributed by atoms with Gasteiger partial charge in [-0.05, 0) is 67.0 Å². The van der Waals surface area contributed by atoms with Crippen LogP contribution >= 0.6 is 0 Å². The molecular formula is C24H24N2O. The molecule has 27 heavy (non-hydrogen) atoms. The first-order chi connectivity index (χ1) is 13.4. The lowest BCUT2D eigenvalue weighted by Crippen LogP contribution is -2.34.